The molecule has 0 saturated heterocycles. The highest BCUT2D eigenvalue weighted by molar-refractivity contribution is 7.99. The van der Waals surface area contributed by atoms with Crippen LogP contribution in [0, 0.1) is 5.82 Å². The Balaban J connectivity index is 2.13. The number of benzene rings is 2. The summed E-state index contributed by atoms with van der Waals surface area (Å²) >= 11 is 13.7. The fourth-order valence-corrected chi connectivity index (χ4v) is 3.30. The van der Waals surface area contributed by atoms with Crippen LogP contribution >= 0.6 is 35.0 Å². The summed E-state index contributed by atoms with van der Waals surface area (Å²) in [6, 6.07) is 11.5. The van der Waals surface area contributed by atoms with Crippen LogP contribution < -0.4 is 11.3 Å². The van der Waals surface area contributed by atoms with E-state index in [1.54, 1.807) is 0 Å². The minimum atomic E-state index is -0.340. The zero-order chi connectivity index (χ0) is 14.5. The van der Waals surface area contributed by atoms with Gasteiger partial charge in [0.2, 0.25) is 0 Å². The number of nitrogens with one attached hydrogen (secondary N) is 1. The Labute approximate surface area is 131 Å². The highest BCUT2D eigenvalue weighted by atomic mass is 35.5. The fourth-order valence-electron chi connectivity index (χ4n) is 1.74. The molecule has 0 heterocycles. The second kappa shape index (κ2) is 7.29. The molecule has 6 heteroatoms. The van der Waals surface area contributed by atoms with E-state index in [0.717, 1.165) is 4.90 Å². The number of hydrogen-bond donors (Lipinski definition) is 2. The van der Waals surface area contributed by atoms with Gasteiger partial charge >= 0.3 is 0 Å². The van der Waals surface area contributed by atoms with Crippen molar-refractivity contribution in [3.63, 3.8) is 0 Å². The van der Waals surface area contributed by atoms with Gasteiger partial charge in [0.05, 0.1) is 11.1 Å². The summed E-state index contributed by atoms with van der Waals surface area (Å²) in [6.45, 7) is 0. The molecule has 0 aliphatic rings. The molecule has 1 atom stereocenters. The Hall–Kier alpha value is -0.780. The van der Waals surface area contributed by atoms with Crippen LogP contribution in [-0.4, -0.2) is 5.75 Å². The van der Waals surface area contributed by atoms with Gasteiger partial charge < -0.3 is 0 Å². The lowest BCUT2D eigenvalue weighted by Crippen LogP contribution is -2.30. The number of halogens is 3. The molecule has 2 rings (SSSR count). The van der Waals surface area contributed by atoms with Gasteiger partial charge in [-0.25, -0.2) is 4.39 Å². The van der Waals surface area contributed by atoms with Crippen molar-refractivity contribution in [2.75, 3.05) is 5.75 Å². The van der Waals surface area contributed by atoms with E-state index in [2.05, 4.69) is 5.43 Å². The first-order valence-electron chi connectivity index (χ1n) is 5.90. The summed E-state index contributed by atoms with van der Waals surface area (Å²) in [5, 5.41) is 1.16. The first-order valence-corrected chi connectivity index (χ1v) is 7.64. The number of hydrogen-bond acceptors (Lipinski definition) is 3. The first-order chi connectivity index (χ1) is 9.61. The average molecular weight is 331 g/mol. The maximum atomic E-state index is 13.3. The molecule has 0 radical (unpaired) electrons. The zero-order valence-corrected chi connectivity index (χ0v) is 12.8. The molecule has 0 bridgehead atoms. The number of hydrazine groups is 1. The van der Waals surface area contributed by atoms with Crippen molar-refractivity contribution in [1.82, 2.24) is 5.43 Å². The van der Waals surface area contributed by atoms with Crippen LogP contribution in [0.4, 0.5) is 4.39 Å². The van der Waals surface area contributed by atoms with E-state index in [1.165, 1.54) is 30.0 Å². The molecule has 2 aromatic rings. The third-order valence-corrected chi connectivity index (χ3v) is 4.73. The molecule has 0 fully saturated rings. The Morgan fingerprint density at radius 1 is 1.15 bits per heavy atom. The van der Waals surface area contributed by atoms with Crippen LogP contribution in [0.15, 0.2) is 47.4 Å². The van der Waals surface area contributed by atoms with Gasteiger partial charge in [0.25, 0.3) is 0 Å². The Morgan fingerprint density at radius 2 is 1.90 bits per heavy atom. The molecule has 0 aromatic heterocycles. The fraction of sp³-hybridized carbons (Fsp3) is 0.143. The van der Waals surface area contributed by atoms with Crippen molar-refractivity contribution in [3.8, 4) is 0 Å². The largest absolute Gasteiger partial charge is 0.271 e. The van der Waals surface area contributed by atoms with Crippen LogP contribution in [0.1, 0.15) is 11.6 Å². The number of nitrogens with two attached hydrogens (primary N) is 1. The Morgan fingerprint density at radius 3 is 2.60 bits per heavy atom. The van der Waals surface area contributed by atoms with E-state index in [9.17, 15) is 4.39 Å². The Bertz CT molecular complexity index is 595. The van der Waals surface area contributed by atoms with E-state index in [-0.39, 0.29) is 11.9 Å². The highest BCUT2D eigenvalue weighted by Crippen LogP contribution is 2.32. The van der Waals surface area contributed by atoms with Gasteiger partial charge in [-0.1, -0.05) is 35.3 Å². The van der Waals surface area contributed by atoms with Crippen molar-refractivity contribution in [2.45, 2.75) is 10.9 Å². The molecular weight excluding hydrogens is 318 g/mol. The van der Waals surface area contributed by atoms with Crippen LogP contribution in [-0.2, 0) is 0 Å². The average Bonchev–Trinajstić information content (AvgIpc) is 2.45. The first kappa shape index (κ1) is 15.6. The molecule has 0 aliphatic carbocycles. The van der Waals surface area contributed by atoms with Crippen molar-refractivity contribution < 1.29 is 4.39 Å². The van der Waals surface area contributed by atoms with Crippen LogP contribution in [0.25, 0.3) is 0 Å². The lowest BCUT2D eigenvalue weighted by atomic mass is 10.1. The molecule has 2 nitrogen and oxygen atoms in total. The second-order valence-corrected chi connectivity index (χ2v) is 6.00. The van der Waals surface area contributed by atoms with E-state index in [0.29, 0.717) is 21.4 Å². The smallest absolute Gasteiger partial charge is 0.123 e. The van der Waals surface area contributed by atoms with Gasteiger partial charge in [-0.05, 0) is 35.9 Å². The van der Waals surface area contributed by atoms with Crippen LogP contribution in [0.3, 0.4) is 0 Å². The summed E-state index contributed by atoms with van der Waals surface area (Å²) in [7, 11) is 0. The minimum absolute atomic E-state index is 0.264. The molecule has 2 aromatic carbocycles. The molecule has 0 saturated carbocycles. The summed E-state index contributed by atoms with van der Waals surface area (Å²) in [4.78, 5) is 0.946. The third-order valence-electron chi connectivity index (χ3n) is 2.78. The highest BCUT2D eigenvalue weighted by Gasteiger charge is 2.15. The quantitative estimate of drug-likeness (QED) is 0.484. The van der Waals surface area contributed by atoms with Crippen LogP contribution in [0.2, 0.25) is 10.0 Å². The van der Waals surface area contributed by atoms with Gasteiger partial charge in [-0.15, -0.1) is 11.8 Å². The Kier molecular flexibility index (Phi) is 5.69. The minimum Gasteiger partial charge on any atom is -0.271 e. The molecule has 106 valence electrons. The van der Waals surface area contributed by atoms with Gasteiger partial charge in [0, 0.05) is 15.7 Å². The van der Waals surface area contributed by atoms with E-state index < -0.39 is 0 Å². The summed E-state index contributed by atoms with van der Waals surface area (Å²) in [5.74, 6) is 5.79. The van der Waals surface area contributed by atoms with Gasteiger partial charge in [-0.2, -0.15) is 0 Å². The van der Waals surface area contributed by atoms with Crippen LogP contribution in [0.5, 0.6) is 0 Å². The molecule has 0 amide bonds. The predicted octanol–water partition coefficient (Wildman–Crippen LogP) is 4.43. The lowest BCUT2D eigenvalue weighted by Gasteiger charge is -2.17. The molecule has 20 heavy (non-hydrogen) atoms. The molecular formula is C14H13Cl2FN2S. The third kappa shape index (κ3) is 3.87. The van der Waals surface area contributed by atoms with E-state index in [1.807, 2.05) is 24.3 Å². The SMILES string of the molecule is NNC(CSc1ccccc1Cl)c1cc(F)ccc1Cl. The molecule has 0 spiro atoms. The van der Waals surface area contributed by atoms with Crippen molar-refractivity contribution in [2.24, 2.45) is 5.84 Å². The van der Waals surface area contributed by atoms with Crippen molar-refractivity contribution in [1.29, 1.82) is 0 Å². The second-order valence-electron chi connectivity index (χ2n) is 4.13. The summed E-state index contributed by atoms with van der Waals surface area (Å²) in [6.07, 6.45) is 0. The normalized spacial score (nSPS) is 12.4. The predicted molar refractivity (Wildman–Crippen MR) is 83.7 cm³/mol. The van der Waals surface area contributed by atoms with E-state index >= 15 is 0 Å². The van der Waals surface area contributed by atoms with Crippen molar-refractivity contribution >= 4 is 35.0 Å². The van der Waals surface area contributed by atoms with Gasteiger partial charge in [0.1, 0.15) is 5.82 Å². The maximum absolute atomic E-state index is 13.3. The topological polar surface area (TPSA) is 38.0 Å². The maximum Gasteiger partial charge on any atom is 0.123 e. The molecule has 3 N–H and O–H groups in total. The molecule has 0 aliphatic heterocycles. The number of rotatable bonds is 5. The van der Waals surface area contributed by atoms with Gasteiger partial charge in [0.15, 0.2) is 0 Å². The lowest BCUT2D eigenvalue weighted by molar-refractivity contribution is 0.591. The van der Waals surface area contributed by atoms with Gasteiger partial charge in [-0.3, -0.25) is 11.3 Å². The van der Waals surface area contributed by atoms with E-state index in [4.69, 9.17) is 29.0 Å². The molecule has 1 unspecified atom stereocenters. The standard InChI is InChI=1S/C14H13Cl2FN2S/c15-11-6-5-9(17)7-10(11)13(19-18)8-20-14-4-2-1-3-12(14)16/h1-7,13,19H,8,18H2. The summed E-state index contributed by atoms with van der Waals surface area (Å²) in [5.41, 5.74) is 3.29. The monoisotopic (exact) mass is 330 g/mol. The van der Waals surface area contributed by atoms with Crippen molar-refractivity contribution in [3.05, 3.63) is 63.9 Å². The summed E-state index contributed by atoms with van der Waals surface area (Å²) < 4.78 is 13.3. The zero-order valence-electron chi connectivity index (χ0n) is 10.4. The number of thioether (sulfide) groups is 1.